The molecule has 0 saturated heterocycles. The van der Waals surface area contributed by atoms with Gasteiger partial charge in [0.2, 0.25) is 0 Å². The minimum atomic E-state index is -0.177. The SMILES string of the molecule is COc1ccc(OC)c(-c2csc(NC(=O)c3ccc(CSC)cc3)n2)c1. The van der Waals surface area contributed by atoms with Gasteiger partial charge in [-0.25, -0.2) is 4.98 Å². The summed E-state index contributed by atoms with van der Waals surface area (Å²) in [6, 6.07) is 13.1. The number of nitrogens with zero attached hydrogens (tertiary/aromatic N) is 1. The van der Waals surface area contributed by atoms with Crippen LogP contribution in [0.3, 0.4) is 0 Å². The molecule has 3 aromatic rings. The first-order valence-electron chi connectivity index (χ1n) is 8.21. The number of carbonyl (C=O) groups excluding carboxylic acids is 1. The summed E-state index contributed by atoms with van der Waals surface area (Å²) in [4.78, 5) is 17.0. The molecule has 0 bridgehead atoms. The van der Waals surface area contributed by atoms with Crippen molar-refractivity contribution in [2.45, 2.75) is 5.75 Å². The largest absolute Gasteiger partial charge is 0.497 e. The summed E-state index contributed by atoms with van der Waals surface area (Å²) in [6.07, 6.45) is 2.05. The van der Waals surface area contributed by atoms with E-state index in [1.807, 2.05) is 47.8 Å². The monoisotopic (exact) mass is 400 g/mol. The van der Waals surface area contributed by atoms with Gasteiger partial charge in [-0.15, -0.1) is 11.3 Å². The third kappa shape index (κ3) is 4.61. The Bertz CT molecular complexity index is 923. The molecule has 0 aliphatic rings. The number of ether oxygens (including phenoxy) is 2. The Morgan fingerprint density at radius 1 is 1.15 bits per heavy atom. The molecule has 0 unspecified atom stereocenters. The second-order valence-electron chi connectivity index (χ2n) is 5.69. The molecule has 2 aromatic carbocycles. The van der Waals surface area contributed by atoms with E-state index in [9.17, 15) is 4.79 Å². The predicted octanol–water partition coefficient (Wildman–Crippen LogP) is 4.94. The van der Waals surface area contributed by atoms with Gasteiger partial charge in [0.1, 0.15) is 11.5 Å². The number of carbonyl (C=O) groups is 1. The number of thiazole rings is 1. The maximum atomic E-state index is 12.5. The molecular weight excluding hydrogens is 380 g/mol. The zero-order valence-corrected chi connectivity index (χ0v) is 16.9. The Labute approximate surface area is 166 Å². The van der Waals surface area contributed by atoms with Gasteiger partial charge >= 0.3 is 0 Å². The van der Waals surface area contributed by atoms with Crippen LogP contribution in [-0.2, 0) is 5.75 Å². The van der Waals surface area contributed by atoms with Crippen molar-refractivity contribution in [3.8, 4) is 22.8 Å². The van der Waals surface area contributed by atoms with Gasteiger partial charge in [0.25, 0.3) is 5.91 Å². The zero-order chi connectivity index (χ0) is 19.2. The summed E-state index contributed by atoms with van der Waals surface area (Å²) in [5, 5.41) is 5.28. The van der Waals surface area contributed by atoms with Gasteiger partial charge in [-0.2, -0.15) is 11.8 Å². The van der Waals surface area contributed by atoms with Crippen LogP contribution in [0.1, 0.15) is 15.9 Å². The first-order chi connectivity index (χ1) is 13.1. The van der Waals surface area contributed by atoms with Crippen LogP contribution in [0.15, 0.2) is 47.8 Å². The summed E-state index contributed by atoms with van der Waals surface area (Å²) in [5.74, 6) is 2.17. The number of nitrogens with one attached hydrogen (secondary N) is 1. The van der Waals surface area contributed by atoms with Crippen LogP contribution in [0.4, 0.5) is 5.13 Å². The molecule has 0 fully saturated rings. The van der Waals surface area contributed by atoms with Crippen LogP contribution in [0.2, 0.25) is 0 Å². The topological polar surface area (TPSA) is 60.5 Å². The fourth-order valence-corrected chi connectivity index (χ4v) is 3.79. The van der Waals surface area contributed by atoms with Crippen molar-refractivity contribution in [3.63, 3.8) is 0 Å². The number of methoxy groups -OCH3 is 2. The molecule has 1 N–H and O–H groups in total. The molecule has 7 heteroatoms. The highest BCUT2D eigenvalue weighted by Crippen LogP contribution is 2.35. The van der Waals surface area contributed by atoms with Gasteiger partial charge in [-0.3, -0.25) is 10.1 Å². The number of hydrogen-bond donors (Lipinski definition) is 1. The van der Waals surface area contributed by atoms with Crippen molar-refractivity contribution in [2.24, 2.45) is 0 Å². The Balaban J connectivity index is 1.77. The number of thioether (sulfide) groups is 1. The van der Waals surface area contributed by atoms with Crippen molar-refractivity contribution < 1.29 is 14.3 Å². The third-order valence-electron chi connectivity index (χ3n) is 3.93. The molecular formula is C20H20N2O3S2. The van der Waals surface area contributed by atoms with Crippen molar-refractivity contribution in [3.05, 3.63) is 59.0 Å². The van der Waals surface area contributed by atoms with Crippen LogP contribution in [0.25, 0.3) is 11.3 Å². The number of aromatic nitrogens is 1. The molecule has 5 nitrogen and oxygen atoms in total. The second-order valence-corrected chi connectivity index (χ2v) is 7.41. The van der Waals surface area contributed by atoms with Gasteiger partial charge in [-0.05, 0) is 42.2 Å². The van der Waals surface area contributed by atoms with E-state index in [1.54, 1.807) is 26.0 Å². The Hall–Kier alpha value is -2.51. The van der Waals surface area contributed by atoms with E-state index >= 15 is 0 Å². The average molecular weight is 401 g/mol. The van der Waals surface area contributed by atoms with Gasteiger partial charge < -0.3 is 9.47 Å². The minimum Gasteiger partial charge on any atom is -0.497 e. The molecule has 1 aromatic heterocycles. The first-order valence-corrected chi connectivity index (χ1v) is 10.5. The Morgan fingerprint density at radius 2 is 1.93 bits per heavy atom. The van der Waals surface area contributed by atoms with Crippen LogP contribution in [-0.4, -0.2) is 31.4 Å². The number of benzene rings is 2. The van der Waals surface area contributed by atoms with Crippen molar-refractivity contribution in [1.29, 1.82) is 0 Å². The van der Waals surface area contributed by atoms with Crippen LogP contribution < -0.4 is 14.8 Å². The van der Waals surface area contributed by atoms with E-state index < -0.39 is 0 Å². The number of amides is 1. The van der Waals surface area contributed by atoms with E-state index in [0.29, 0.717) is 16.4 Å². The number of hydrogen-bond acceptors (Lipinski definition) is 6. The molecule has 0 saturated carbocycles. The molecule has 0 spiro atoms. The van der Waals surface area contributed by atoms with Gasteiger partial charge in [0.05, 0.1) is 19.9 Å². The lowest BCUT2D eigenvalue weighted by Crippen LogP contribution is -2.11. The fraction of sp³-hybridized carbons (Fsp3) is 0.200. The quantitative estimate of drug-likeness (QED) is 0.608. The highest BCUT2D eigenvalue weighted by molar-refractivity contribution is 7.97. The third-order valence-corrected chi connectivity index (χ3v) is 5.31. The summed E-state index contributed by atoms with van der Waals surface area (Å²) < 4.78 is 10.7. The Kier molecular flexibility index (Phi) is 6.36. The molecule has 140 valence electrons. The van der Waals surface area contributed by atoms with E-state index in [1.165, 1.54) is 16.9 Å². The van der Waals surface area contributed by atoms with Crippen LogP contribution in [0.5, 0.6) is 11.5 Å². The first kappa shape index (κ1) is 19.3. The minimum absolute atomic E-state index is 0.177. The molecule has 0 radical (unpaired) electrons. The Morgan fingerprint density at radius 3 is 2.59 bits per heavy atom. The molecule has 1 amide bonds. The average Bonchev–Trinajstić information content (AvgIpc) is 3.16. The highest BCUT2D eigenvalue weighted by Gasteiger charge is 2.14. The predicted molar refractivity (Wildman–Crippen MR) is 112 cm³/mol. The number of anilines is 1. The molecule has 0 aliphatic carbocycles. The normalized spacial score (nSPS) is 10.5. The standard InChI is InChI=1S/C20H20N2O3S2/c1-24-15-8-9-18(25-2)16(10-15)17-12-27-20(21-17)22-19(23)14-6-4-13(5-7-14)11-26-3/h4-10,12H,11H2,1-3H3,(H,21,22,23). The van der Waals surface area contributed by atoms with Gasteiger partial charge in [-0.1, -0.05) is 12.1 Å². The number of rotatable bonds is 7. The fourth-order valence-electron chi connectivity index (χ4n) is 2.56. The van der Waals surface area contributed by atoms with Gasteiger partial charge in [0, 0.05) is 22.3 Å². The van der Waals surface area contributed by atoms with Crippen molar-refractivity contribution in [2.75, 3.05) is 25.8 Å². The van der Waals surface area contributed by atoms with E-state index in [0.717, 1.165) is 22.8 Å². The van der Waals surface area contributed by atoms with Crippen molar-refractivity contribution in [1.82, 2.24) is 4.98 Å². The zero-order valence-electron chi connectivity index (χ0n) is 15.3. The maximum absolute atomic E-state index is 12.5. The lowest BCUT2D eigenvalue weighted by atomic mass is 10.1. The molecule has 0 atom stereocenters. The lowest BCUT2D eigenvalue weighted by molar-refractivity contribution is 0.102. The summed E-state index contributed by atoms with van der Waals surface area (Å²) >= 11 is 3.12. The molecule has 3 rings (SSSR count). The second kappa shape index (κ2) is 8.92. The van der Waals surface area contributed by atoms with Crippen molar-refractivity contribution >= 4 is 34.1 Å². The van der Waals surface area contributed by atoms with E-state index in [4.69, 9.17) is 9.47 Å². The molecule has 0 aliphatic heterocycles. The molecule has 1 heterocycles. The summed E-state index contributed by atoms with van der Waals surface area (Å²) in [5.41, 5.74) is 3.34. The van der Waals surface area contributed by atoms with E-state index in [2.05, 4.69) is 16.6 Å². The summed E-state index contributed by atoms with van der Waals surface area (Å²) in [6.45, 7) is 0. The van der Waals surface area contributed by atoms with Gasteiger partial charge in [0.15, 0.2) is 5.13 Å². The summed E-state index contributed by atoms with van der Waals surface area (Å²) in [7, 11) is 3.23. The highest BCUT2D eigenvalue weighted by atomic mass is 32.2. The lowest BCUT2D eigenvalue weighted by Gasteiger charge is -2.08. The molecule has 27 heavy (non-hydrogen) atoms. The van der Waals surface area contributed by atoms with Crippen LogP contribution >= 0.6 is 23.1 Å². The maximum Gasteiger partial charge on any atom is 0.257 e. The van der Waals surface area contributed by atoms with E-state index in [-0.39, 0.29) is 5.91 Å². The van der Waals surface area contributed by atoms with Crippen LogP contribution in [0, 0.1) is 0 Å². The smallest absolute Gasteiger partial charge is 0.257 e.